The van der Waals surface area contributed by atoms with E-state index in [0.717, 1.165) is 31.3 Å². The lowest BCUT2D eigenvalue weighted by molar-refractivity contribution is 0.305. The van der Waals surface area contributed by atoms with Gasteiger partial charge in [0, 0.05) is 6.54 Å². The van der Waals surface area contributed by atoms with Gasteiger partial charge in [-0.1, -0.05) is 42.5 Å². The van der Waals surface area contributed by atoms with Crippen LogP contribution in [0.5, 0.6) is 5.75 Å². The summed E-state index contributed by atoms with van der Waals surface area (Å²) < 4.78 is 5.89. The zero-order valence-electron chi connectivity index (χ0n) is 13.6. The fourth-order valence-electron chi connectivity index (χ4n) is 3.00. The lowest BCUT2D eigenvalue weighted by Crippen LogP contribution is -2.35. The van der Waals surface area contributed by atoms with Gasteiger partial charge in [0.2, 0.25) is 0 Å². The molecule has 1 saturated heterocycles. The first kappa shape index (κ1) is 16.0. The van der Waals surface area contributed by atoms with E-state index in [4.69, 9.17) is 4.74 Å². The van der Waals surface area contributed by atoms with Crippen LogP contribution in [0.2, 0.25) is 0 Å². The summed E-state index contributed by atoms with van der Waals surface area (Å²) in [5, 5.41) is 7.04. The third-order valence-corrected chi connectivity index (χ3v) is 4.31. The molecule has 2 aromatic carbocycles. The largest absolute Gasteiger partial charge is 0.489 e. The molecule has 2 aromatic rings. The standard InChI is InChI=1S/C20H26N2O/c1-2-6-17(7-3-1)16-23-20-10-4-8-18(12-20)13-22-15-19-9-5-11-21-14-19/h1-4,6-8,10,12,19,21-22H,5,9,11,13-16H2. The predicted molar refractivity (Wildman–Crippen MR) is 94.5 cm³/mol. The van der Waals surface area contributed by atoms with Crippen LogP contribution in [0.4, 0.5) is 0 Å². The van der Waals surface area contributed by atoms with Gasteiger partial charge in [-0.2, -0.15) is 0 Å². The fourth-order valence-corrected chi connectivity index (χ4v) is 3.00. The minimum Gasteiger partial charge on any atom is -0.489 e. The molecule has 0 amide bonds. The molecular formula is C20H26N2O. The lowest BCUT2D eigenvalue weighted by Gasteiger charge is -2.23. The highest BCUT2D eigenvalue weighted by Gasteiger charge is 2.11. The molecule has 0 spiro atoms. The van der Waals surface area contributed by atoms with E-state index in [1.807, 2.05) is 24.3 Å². The Bertz CT molecular complexity index is 579. The van der Waals surface area contributed by atoms with E-state index in [1.165, 1.54) is 30.5 Å². The van der Waals surface area contributed by atoms with Gasteiger partial charge in [-0.15, -0.1) is 0 Å². The van der Waals surface area contributed by atoms with Gasteiger partial charge < -0.3 is 15.4 Å². The van der Waals surface area contributed by atoms with E-state index < -0.39 is 0 Å². The van der Waals surface area contributed by atoms with Gasteiger partial charge in [-0.05, 0) is 61.7 Å². The van der Waals surface area contributed by atoms with Gasteiger partial charge in [-0.25, -0.2) is 0 Å². The van der Waals surface area contributed by atoms with Crippen LogP contribution in [0, 0.1) is 5.92 Å². The van der Waals surface area contributed by atoms with Crippen molar-refractivity contribution in [1.29, 1.82) is 0 Å². The normalized spacial score (nSPS) is 17.8. The Kier molecular flexibility index (Phi) is 6.07. The van der Waals surface area contributed by atoms with E-state index >= 15 is 0 Å². The summed E-state index contributed by atoms with van der Waals surface area (Å²) in [5.41, 5.74) is 2.47. The quantitative estimate of drug-likeness (QED) is 0.823. The average Bonchev–Trinajstić information content (AvgIpc) is 2.62. The molecule has 2 N–H and O–H groups in total. The first-order chi connectivity index (χ1) is 11.4. The van der Waals surface area contributed by atoms with Crippen LogP contribution >= 0.6 is 0 Å². The van der Waals surface area contributed by atoms with Gasteiger partial charge in [0.25, 0.3) is 0 Å². The SMILES string of the molecule is c1ccc(COc2cccc(CNCC3CCCNC3)c2)cc1. The van der Waals surface area contributed by atoms with E-state index in [1.54, 1.807) is 0 Å². The van der Waals surface area contributed by atoms with Crippen LogP contribution in [0.3, 0.4) is 0 Å². The molecule has 23 heavy (non-hydrogen) atoms. The van der Waals surface area contributed by atoms with Crippen LogP contribution in [0.15, 0.2) is 54.6 Å². The minimum atomic E-state index is 0.617. The molecule has 1 atom stereocenters. The van der Waals surface area contributed by atoms with Crippen molar-refractivity contribution in [3.63, 3.8) is 0 Å². The molecule has 1 aliphatic rings. The van der Waals surface area contributed by atoms with Crippen LogP contribution in [0.1, 0.15) is 24.0 Å². The Hall–Kier alpha value is -1.84. The van der Waals surface area contributed by atoms with Crippen molar-refractivity contribution in [2.75, 3.05) is 19.6 Å². The highest BCUT2D eigenvalue weighted by atomic mass is 16.5. The molecule has 0 radical (unpaired) electrons. The van der Waals surface area contributed by atoms with Crippen LogP contribution < -0.4 is 15.4 Å². The van der Waals surface area contributed by atoms with Crippen molar-refractivity contribution in [2.45, 2.75) is 26.0 Å². The molecule has 3 heteroatoms. The second kappa shape index (κ2) is 8.70. The number of piperidine rings is 1. The number of hydrogen-bond donors (Lipinski definition) is 2. The second-order valence-corrected chi connectivity index (χ2v) is 6.26. The summed E-state index contributed by atoms with van der Waals surface area (Å²) in [4.78, 5) is 0. The van der Waals surface area contributed by atoms with Gasteiger partial charge in [-0.3, -0.25) is 0 Å². The first-order valence-corrected chi connectivity index (χ1v) is 8.57. The highest BCUT2D eigenvalue weighted by molar-refractivity contribution is 5.29. The highest BCUT2D eigenvalue weighted by Crippen LogP contribution is 2.15. The van der Waals surface area contributed by atoms with Crippen molar-refractivity contribution in [1.82, 2.24) is 10.6 Å². The number of rotatable bonds is 7. The van der Waals surface area contributed by atoms with Crippen LogP contribution in [-0.4, -0.2) is 19.6 Å². The van der Waals surface area contributed by atoms with E-state index in [0.29, 0.717) is 6.61 Å². The van der Waals surface area contributed by atoms with Crippen molar-refractivity contribution >= 4 is 0 Å². The number of benzene rings is 2. The van der Waals surface area contributed by atoms with Gasteiger partial charge in [0.1, 0.15) is 12.4 Å². The van der Waals surface area contributed by atoms with Crippen molar-refractivity contribution in [2.24, 2.45) is 5.92 Å². The predicted octanol–water partition coefficient (Wildman–Crippen LogP) is 3.35. The molecule has 3 nitrogen and oxygen atoms in total. The summed E-state index contributed by atoms with van der Waals surface area (Å²) in [6, 6.07) is 18.7. The topological polar surface area (TPSA) is 33.3 Å². The summed E-state index contributed by atoms with van der Waals surface area (Å²) in [6.45, 7) is 4.93. The molecule has 3 rings (SSSR count). The maximum absolute atomic E-state index is 5.89. The summed E-state index contributed by atoms with van der Waals surface area (Å²) in [5.74, 6) is 1.70. The van der Waals surface area contributed by atoms with E-state index in [-0.39, 0.29) is 0 Å². The molecule has 0 aromatic heterocycles. The molecule has 0 bridgehead atoms. The van der Waals surface area contributed by atoms with Crippen LogP contribution in [0.25, 0.3) is 0 Å². The van der Waals surface area contributed by atoms with Crippen LogP contribution in [-0.2, 0) is 13.2 Å². The zero-order valence-corrected chi connectivity index (χ0v) is 13.6. The summed E-state index contributed by atoms with van der Waals surface area (Å²) in [7, 11) is 0. The second-order valence-electron chi connectivity index (χ2n) is 6.26. The number of nitrogens with one attached hydrogen (secondary N) is 2. The number of ether oxygens (including phenoxy) is 1. The fraction of sp³-hybridized carbons (Fsp3) is 0.400. The minimum absolute atomic E-state index is 0.617. The zero-order chi connectivity index (χ0) is 15.7. The maximum atomic E-state index is 5.89. The van der Waals surface area contributed by atoms with Gasteiger partial charge >= 0.3 is 0 Å². The van der Waals surface area contributed by atoms with E-state index in [9.17, 15) is 0 Å². The Morgan fingerprint density at radius 1 is 1.04 bits per heavy atom. The third kappa shape index (κ3) is 5.38. The van der Waals surface area contributed by atoms with Crippen molar-refractivity contribution in [3.05, 3.63) is 65.7 Å². The van der Waals surface area contributed by atoms with Crippen molar-refractivity contribution < 1.29 is 4.74 Å². The Balaban J connectivity index is 1.45. The monoisotopic (exact) mass is 310 g/mol. The van der Waals surface area contributed by atoms with Gasteiger partial charge in [0.05, 0.1) is 0 Å². The van der Waals surface area contributed by atoms with Gasteiger partial charge in [0.15, 0.2) is 0 Å². The molecule has 1 aliphatic heterocycles. The lowest BCUT2D eigenvalue weighted by atomic mass is 10.00. The molecule has 122 valence electrons. The molecule has 1 unspecified atom stereocenters. The summed E-state index contributed by atoms with van der Waals surface area (Å²) in [6.07, 6.45) is 2.63. The smallest absolute Gasteiger partial charge is 0.120 e. The average molecular weight is 310 g/mol. The Morgan fingerprint density at radius 2 is 1.91 bits per heavy atom. The Labute approximate surface area is 139 Å². The van der Waals surface area contributed by atoms with Crippen molar-refractivity contribution in [3.8, 4) is 5.75 Å². The molecular weight excluding hydrogens is 284 g/mol. The first-order valence-electron chi connectivity index (χ1n) is 8.57. The molecule has 0 aliphatic carbocycles. The summed E-state index contributed by atoms with van der Waals surface area (Å²) >= 11 is 0. The molecule has 1 heterocycles. The van der Waals surface area contributed by atoms with E-state index in [2.05, 4.69) is 41.0 Å². The molecule has 1 fully saturated rings. The third-order valence-electron chi connectivity index (χ3n) is 4.31. The maximum Gasteiger partial charge on any atom is 0.120 e. The number of hydrogen-bond acceptors (Lipinski definition) is 3. The molecule has 0 saturated carbocycles. The Morgan fingerprint density at radius 3 is 2.74 bits per heavy atom.